The first kappa shape index (κ1) is 24.6. The fourth-order valence-corrected chi connectivity index (χ4v) is 5.07. The number of amides is 3. The first-order chi connectivity index (χ1) is 16.4. The molecule has 2 heterocycles. The molecule has 2 aliphatic carbocycles. The highest BCUT2D eigenvalue weighted by Gasteiger charge is 2.38. The Hall–Kier alpha value is -2.49. The standard InChI is InChI=1S/C24H38N6O4/c1-17(22(33)25-19-7-8-19)29-13-15-30(16-14-29)21(32)10-9-20-26-23(28-34-20)24(27-18(2)31)11-5-3-4-6-12-24/h17,19H,3-16H2,1-2H3,(H,25,33)(H,27,31). The van der Waals surface area contributed by atoms with Gasteiger partial charge in [0, 0.05) is 52.0 Å². The quantitative estimate of drug-likeness (QED) is 0.548. The molecule has 3 fully saturated rings. The molecule has 2 saturated carbocycles. The van der Waals surface area contributed by atoms with Gasteiger partial charge in [-0.15, -0.1) is 0 Å². The number of nitrogens with one attached hydrogen (secondary N) is 2. The van der Waals surface area contributed by atoms with Crippen LogP contribution in [0.15, 0.2) is 4.52 Å². The Morgan fingerprint density at radius 2 is 1.76 bits per heavy atom. The Bertz CT molecular complexity index is 867. The Labute approximate surface area is 201 Å². The molecule has 1 aromatic rings. The number of aryl methyl sites for hydroxylation is 1. The first-order valence-corrected chi connectivity index (χ1v) is 12.8. The summed E-state index contributed by atoms with van der Waals surface area (Å²) in [6, 6.07) is 0.188. The van der Waals surface area contributed by atoms with Crippen molar-refractivity contribution in [1.82, 2.24) is 30.6 Å². The molecule has 10 nitrogen and oxygen atoms in total. The largest absolute Gasteiger partial charge is 0.352 e. The van der Waals surface area contributed by atoms with Gasteiger partial charge in [-0.2, -0.15) is 4.98 Å². The molecule has 0 spiro atoms. The maximum absolute atomic E-state index is 12.8. The van der Waals surface area contributed by atoms with Crippen LogP contribution < -0.4 is 10.6 Å². The number of aromatic nitrogens is 2. The Morgan fingerprint density at radius 3 is 2.38 bits per heavy atom. The summed E-state index contributed by atoms with van der Waals surface area (Å²) in [5.41, 5.74) is -0.576. The highest BCUT2D eigenvalue weighted by molar-refractivity contribution is 5.82. The van der Waals surface area contributed by atoms with Crippen molar-refractivity contribution in [1.29, 1.82) is 0 Å². The fraction of sp³-hybridized carbons (Fsp3) is 0.792. The summed E-state index contributed by atoms with van der Waals surface area (Å²) in [6.07, 6.45) is 8.72. The molecular formula is C24H38N6O4. The van der Waals surface area contributed by atoms with Crippen LogP contribution in [0, 0.1) is 0 Å². The minimum Gasteiger partial charge on any atom is -0.352 e. The molecule has 1 aliphatic heterocycles. The maximum Gasteiger partial charge on any atom is 0.237 e. The number of carbonyl (C=O) groups is 3. The lowest BCUT2D eigenvalue weighted by Crippen LogP contribution is -2.55. The van der Waals surface area contributed by atoms with E-state index in [1.54, 1.807) is 0 Å². The van der Waals surface area contributed by atoms with Crippen LogP contribution >= 0.6 is 0 Å². The topological polar surface area (TPSA) is 121 Å². The van der Waals surface area contributed by atoms with Gasteiger partial charge in [0.2, 0.25) is 23.6 Å². The molecule has 34 heavy (non-hydrogen) atoms. The number of nitrogens with zero attached hydrogens (tertiary/aromatic N) is 4. The van der Waals surface area contributed by atoms with Crippen molar-refractivity contribution in [3.63, 3.8) is 0 Å². The Morgan fingerprint density at radius 1 is 1.09 bits per heavy atom. The molecule has 3 amide bonds. The molecule has 0 bridgehead atoms. The van der Waals surface area contributed by atoms with Crippen LogP contribution in [0.4, 0.5) is 0 Å². The summed E-state index contributed by atoms with van der Waals surface area (Å²) >= 11 is 0. The van der Waals surface area contributed by atoms with E-state index in [4.69, 9.17) is 4.52 Å². The molecule has 0 aromatic carbocycles. The van der Waals surface area contributed by atoms with Crippen molar-refractivity contribution in [2.24, 2.45) is 0 Å². The molecule has 10 heteroatoms. The van der Waals surface area contributed by atoms with E-state index in [1.165, 1.54) is 6.92 Å². The second-order valence-corrected chi connectivity index (χ2v) is 10.1. The van der Waals surface area contributed by atoms with Crippen molar-refractivity contribution >= 4 is 17.7 Å². The second kappa shape index (κ2) is 10.8. The van der Waals surface area contributed by atoms with Gasteiger partial charge in [-0.1, -0.05) is 30.8 Å². The third kappa shape index (κ3) is 6.14. The molecule has 0 radical (unpaired) electrons. The summed E-state index contributed by atoms with van der Waals surface area (Å²) in [5, 5.41) is 10.3. The SMILES string of the molecule is CC(=O)NC1(c2noc(CCC(=O)N3CCN(C(C)C(=O)NC4CC4)CC3)n2)CCCCCC1. The monoisotopic (exact) mass is 474 g/mol. The minimum atomic E-state index is -0.576. The molecular weight excluding hydrogens is 436 g/mol. The van der Waals surface area contributed by atoms with Crippen LogP contribution in [0.2, 0.25) is 0 Å². The number of hydrogen-bond acceptors (Lipinski definition) is 7. The van der Waals surface area contributed by atoms with Gasteiger partial charge in [0.25, 0.3) is 0 Å². The van der Waals surface area contributed by atoms with Crippen LogP contribution in [0.3, 0.4) is 0 Å². The first-order valence-electron chi connectivity index (χ1n) is 12.8. The van der Waals surface area contributed by atoms with Gasteiger partial charge in [0.05, 0.1) is 6.04 Å². The van der Waals surface area contributed by atoms with Gasteiger partial charge < -0.3 is 20.1 Å². The summed E-state index contributed by atoms with van der Waals surface area (Å²) < 4.78 is 5.48. The van der Waals surface area contributed by atoms with Gasteiger partial charge in [-0.05, 0) is 32.6 Å². The van der Waals surface area contributed by atoms with E-state index in [1.807, 2.05) is 11.8 Å². The van der Waals surface area contributed by atoms with Gasteiger partial charge in [0.15, 0.2) is 5.82 Å². The van der Waals surface area contributed by atoms with Crippen molar-refractivity contribution in [3.05, 3.63) is 11.7 Å². The van der Waals surface area contributed by atoms with Gasteiger partial charge in [-0.25, -0.2) is 0 Å². The third-order valence-electron chi connectivity index (χ3n) is 7.34. The van der Waals surface area contributed by atoms with Crippen LogP contribution in [0.1, 0.15) is 83.3 Å². The lowest BCUT2D eigenvalue weighted by Gasteiger charge is -2.37. The Balaban J connectivity index is 1.26. The summed E-state index contributed by atoms with van der Waals surface area (Å²) in [4.78, 5) is 45.5. The zero-order chi connectivity index (χ0) is 24.1. The normalized spacial score (nSPS) is 22.0. The molecule has 1 atom stereocenters. The second-order valence-electron chi connectivity index (χ2n) is 10.1. The van der Waals surface area contributed by atoms with E-state index < -0.39 is 5.54 Å². The van der Waals surface area contributed by atoms with Crippen molar-refractivity contribution in [2.45, 2.75) is 95.7 Å². The van der Waals surface area contributed by atoms with E-state index >= 15 is 0 Å². The lowest BCUT2D eigenvalue weighted by atomic mass is 9.89. The summed E-state index contributed by atoms with van der Waals surface area (Å²) in [7, 11) is 0. The third-order valence-corrected chi connectivity index (χ3v) is 7.34. The van der Waals surface area contributed by atoms with Crippen LogP contribution in [-0.2, 0) is 26.3 Å². The minimum absolute atomic E-state index is 0.0560. The van der Waals surface area contributed by atoms with Gasteiger partial charge in [-0.3, -0.25) is 19.3 Å². The molecule has 1 aromatic heterocycles. The number of carbonyl (C=O) groups excluding carboxylic acids is 3. The molecule has 3 aliphatic rings. The summed E-state index contributed by atoms with van der Waals surface area (Å²) in [6.45, 7) is 6.06. The molecule has 1 saturated heterocycles. The van der Waals surface area contributed by atoms with Crippen molar-refractivity contribution in [3.8, 4) is 0 Å². The van der Waals surface area contributed by atoms with E-state index in [0.717, 1.165) is 51.4 Å². The predicted molar refractivity (Wildman–Crippen MR) is 125 cm³/mol. The van der Waals surface area contributed by atoms with E-state index in [2.05, 4.69) is 25.7 Å². The highest BCUT2D eigenvalue weighted by atomic mass is 16.5. The number of piperazine rings is 1. The average Bonchev–Trinajstić information content (AvgIpc) is 3.56. The van der Waals surface area contributed by atoms with Crippen LogP contribution in [0.25, 0.3) is 0 Å². The van der Waals surface area contributed by atoms with E-state index in [9.17, 15) is 14.4 Å². The van der Waals surface area contributed by atoms with E-state index in [-0.39, 0.29) is 23.8 Å². The predicted octanol–water partition coefficient (Wildman–Crippen LogP) is 1.50. The smallest absolute Gasteiger partial charge is 0.237 e. The van der Waals surface area contributed by atoms with Crippen molar-refractivity contribution in [2.75, 3.05) is 26.2 Å². The number of rotatable bonds is 8. The molecule has 188 valence electrons. The van der Waals surface area contributed by atoms with Crippen molar-refractivity contribution < 1.29 is 18.9 Å². The van der Waals surface area contributed by atoms with E-state index in [0.29, 0.717) is 56.8 Å². The number of hydrogen-bond donors (Lipinski definition) is 2. The van der Waals surface area contributed by atoms with Gasteiger partial charge in [0.1, 0.15) is 5.54 Å². The fourth-order valence-electron chi connectivity index (χ4n) is 5.07. The lowest BCUT2D eigenvalue weighted by molar-refractivity contribution is -0.134. The molecule has 1 unspecified atom stereocenters. The maximum atomic E-state index is 12.8. The zero-order valence-electron chi connectivity index (χ0n) is 20.5. The van der Waals surface area contributed by atoms with Crippen LogP contribution in [0.5, 0.6) is 0 Å². The molecule has 2 N–H and O–H groups in total. The zero-order valence-corrected chi connectivity index (χ0v) is 20.5. The highest BCUT2D eigenvalue weighted by Crippen LogP contribution is 2.34. The summed E-state index contributed by atoms with van der Waals surface area (Å²) in [5.74, 6) is 1.00. The molecule has 4 rings (SSSR count). The Kier molecular flexibility index (Phi) is 7.85. The van der Waals surface area contributed by atoms with Crippen LogP contribution in [-0.4, -0.2) is 75.9 Å². The van der Waals surface area contributed by atoms with Gasteiger partial charge >= 0.3 is 0 Å². The average molecular weight is 475 g/mol.